The van der Waals surface area contributed by atoms with E-state index in [1.165, 1.54) is 0 Å². The van der Waals surface area contributed by atoms with Crippen LogP contribution in [0.4, 0.5) is 5.69 Å². The van der Waals surface area contributed by atoms with Gasteiger partial charge in [-0.3, -0.25) is 4.79 Å². The van der Waals surface area contributed by atoms with Gasteiger partial charge in [-0.2, -0.15) is 0 Å². The van der Waals surface area contributed by atoms with Crippen molar-refractivity contribution in [2.45, 2.75) is 12.8 Å². The number of morpholine rings is 1. The third kappa shape index (κ3) is 5.15. The molecule has 1 amide bonds. The van der Waals surface area contributed by atoms with Crippen molar-refractivity contribution in [3.05, 3.63) is 24.5 Å². The van der Waals surface area contributed by atoms with Gasteiger partial charge in [0.05, 0.1) is 31.6 Å². The Labute approximate surface area is 162 Å². The van der Waals surface area contributed by atoms with Crippen LogP contribution in [0.25, 0.3) is 11.0 Å². The van der Waals surface area contributed by atoms with Gasteiger partial charge in [0.1, 0.15) is 12.4 Å². The smallest absolute Gasteiger partial charge is 0.250 e. The second-order valence-electron chi connectivity index (χ2n) is 7.64. The second-order valence-corrected chi connectivity index (χ2v) is 12.2. The van der Waals surface area contributed by atoms with Crippen LogP contribution in [0, 0.1) is 0 Å². The van der Waals surface area contributed by atoms with Crippen molar-refractivity contribution >= 4 is 32.7 Å². The number of carbonyl (C=O) groups excluding carboxylic acids is 1. The third-order valence-electron chi connectivity index (χ3n) is 4.63. The summed E-state index contributed by atoms with van der Waals surface area (Å²) in [4.78, 5) is 18.6. The predicted octanol–water partition coefficient (Wildman–Crippen LogP) is 1.66. The minimum atomic E-state index is -0.533. The molecular formula is C19H30N4O3S. The number of amides is 1. The average molecular weight is 395 g/mol. The topological polar surface area (TPSA) is 68.6 Å². The summed E-state index contributed by atoms with van der Waals surface area (Å²) in [5.41, 5.74) is 1.92. The van der Waals surface area contributed by atoms with Gasteiger partial charge in [-0.1, -0.05) is 0 Å². The predicted molar refractivity (Wildman–Crippen MR) is 112 cm³/mol. The highest BCUT2D eigenvalue weighted by Crippen LogP contribution is 2.33. The van der Waals surface area contributed by atoms with Crippen molar-refractivity contribution in [2.75, 3.05) is 62.8 Å². The van der Waals surface area contributed by atoms with Gasteiger partial charge in [0, 0.05) is 30.9 Å². The van der Waals surface area contributed by atoms with Crippen LogP contribution in [-0.4, -0.2) is 79.4 Å². The Morgan fingerprint density at radius 1 is 1.44 bits per heavy atom. The number of ether oxygens (including phenoxy) is 2. The lowest BCUT2D eigenvalue weighted by molar-refractivity contribution is -0.132. The van der Waals surface area contributed by atoms with Gasteiger partial charge in [-0.15, -0.1) is 0 Å². The van der Waals surface area contributed by atoms with E-state index in [2.05, 4.69) is 46.1 Å². The van der Waals surface area contributed by atoms with Gasteiger partial charge in [0.15, 0.2) is 6.10 Å². The molecule has 3 rings (SSSR count). The molecule has 0 saturated carbocycles. The summed E-state index contributed by atoms with van der Waals surface area (Å²) in [5.74, 6) is 1.02. The van der Waals surface area contributed by atoms with Crippen LogP contribution in [0.5, 0.6) is 0 Å². The first-order valence-corrected chi connectivity index (χ1v) is 12.2. The molecule has 2 aromatic heterocycles. The zero-order valence-corrected chi connectivity index (χ0v) is 17.4. The summed E-state index contributed by atoms with van der Waals surface area (Å²) in [7, 11) is 1.10. The fourth-order valence-corrected chi connectivity index (χ4v) is 3.64. The number of anilines is 1. The van der Waals surface area contributed by atoms with Crippen LogP contribution in [0.1, 0.15) is 0 Å². The van der Waals surface area contributed by atoms with E-state index < -0.39 is 16.1 Å². The van der Waals surface area contributed by atoms with E-state index in [1.807, 2.05) is 17.0 Å². The largest absolute Gasteiger partial charge is 0.365 e. The summed E-state index contributed by atoms with van der Waals surface area (Å²) >= 11 is 0. The van der Waals surface area contributed by atoms with Gasteiger partial charge < -0.3 is 24.3 Å². The Morgan fingerprint density at radius 2 is 2.26 bits per heavy atom. The highest BCUT2D eigenvalue weighted by molar-refractivity contribution is 8.32. The lowest BCUT2D eigenvalue weighted by Gasteiger charge is -2.33. The van der Waals surface area contributed by atoms with Gasteiger partial charge in [-0.25, -0.2) is 15.0 Å². The molecule has 1 unspecified atom stereocenters. The first-order valence-electron chi connectivity index (χ1n) is 9.14. The van der Waals surface area contributed by atoms with Crippen molar-refractivity contribution in [3.8, 4) is 0 Å². The van der Waals surface area contributed by atoms with Crippen LogP contribution in [0.2, 0.25) is 0 Å². The Hall–Kier alpha value is -1.77. The SMILES string of the molecule is CNC(=O)C1CN(c2cnc3c(ccn3COCCS(C)(C)C)c2)CCO1. The molecule has 0 aliphatic carbocycles. The normalized spacial score (nSPS) is 18.7. The van der Waals surface area contributed by atoms with E-state index >= 15 is 0 Å². The Morgan fingerprint density at radius 3 is 3.00 bits per heavy atom. The molecule has 7 nitrogen and oxygen atoms in total. The monoisotopic (exact) mass is 394 g/mol. The zero-order chi connectivity index (χ0) is 19.4. The molecule has 1 aliphatic heterocycles. The number of nitrogens with zero attached hydrogens (tertiary/aromatic N) is 3. The molecule has 1 fully saturated rings. The molecule has 3 heterocycles. The number of hydrogen-bond donors (Lipinski definition) is 1. The molecule has 0 spiro atoms. The highest BCUT2D eigenvalue weighted by atomic mass is 32.3. The van der Waals surface area contributed by atoms with Crippen LogP contribution >= 0.6 is 10.0 Å². The number of aromatic nitrogens is 2. The maximum absolute atomic E-state index is 11.9. The first-order chi connectivity index (χ1) is 12.9. The number of pyridine rings is 1. The summed E-state index contributed by atoms with van der Waals surface area (Å²) in [6.07, 6.45) is 10.3. The Kier molecular flexibility index (Phi) is 6.29. The van der Waals surface area contributed by atoms with E-state index in [0.717, 1.165) is 35.6 Å². The molecule has 1 atom stereocenters. The first kappa shape index (κ1) is 20.0. The molecule has 0 aromatic carbocycles. The molecule has 2 aromatic rings. The molecule has 1 saturated heterocycles. The fraction of sp³-hybridized carbons (Fsp3) is 0.579. The van der Waals surface area contributed by atoms with Crippen LogP contribution in [-0.2, 0) is 21.0 Å². The van der Waals surface area contributed by atoms with E-state index in [0.29, 0.717) is 19.9 Å². The van der Waals surface area contributed by atoms with E-state index in [1.54, 1.807) is 7.05 Å². The van der Waals surface area contributed by atoms with Crippen molar-refractivity contribution in [3.63, 3.8) is 0 Å². The number of likely N-dealkylation sites (N-methyl/N-ethyl adjacent to an activating group) is 1. The summed E-state index contributed by atoms with van der Waals surface area (Å²) in [6.45, 7) is 3.10. The molecule has 8 heteroatoms. The Balaban J connectivity index is 1.65. The van der Waals surface area contributed by atoms with Gasteiger partial charge in [0.2, 0.25) is 0 Å². The van der Waals surface area contributed by atoms with Gasteiger partial charge in [-0.05, 0) is 30.9 Å². The van der Waals surface area contributed by atoms with E-state index in [9.17, 15) is 4.79 Å². The molecule has 0 bridgehead atoms. The van der Waals surface area contributed by atoms with Gasteiger partial charge in [0.25, 0.3) is 5.91 Å². The van der Waals surface area contributed by atoms with Crippen molar-refractivity contribution in [2.24, 2.45) is 0 Å². The second kappa shape index (κ2) is 8.50. The van der Waals surface area contributed by atoms with E-state index in [-0.39, 0.29) is 5.91 Å². The number of carbonyl (C=O) groups is 1. The van der Waals surface area contributed by atoms with E-state index in [4.69, 9.17) is 9.47 Å². The quantitative estimate of drug-likeness (QED) is 0.724. The fourth-order valence-electron chi connectivity index (χ4n) is 3.02. The number of fused-ring (bicyclic) bond motifs is 1. The minimum Gasteiger partial charge on any atom is -0.365 e. The average Bonchev–Trinajstić information content (AvgIpc) is 3.06. The van der Waals surface area contributed by atoms with Gasteiger partial charge >= 0.3 is 0 Å². The molecule has 1 N–H and O–H groups in total. The summed E-state index contributed by atoms with van der Waals surface area (Å²) < 4.78 is 13.4. The van der Waals surface area contributed by atoms with Crippen molar-refractivity contribution in [1.82, 2.24) is 14.9 Å². The lowest BCUT2D eigenvalue weighted by Crippen LogP contribution is -2.49. The molecular weight excluding hydrogens is 364 g/mol. The standard InChI is InChI=1S/C19H30N4O3S/c1-20-19(24)17-13-22(7-8-26-17)16-11-15-5-6-23(18(15)21-12-16)14-25-9-10-27(2,3)4/h5-6,11-12,17H,7-10,13-14H2,1-4H3,(H,20,24). The van der Waals surface area contributed by atoms with Crippen molar-refractivity contribution < 1.29 is 14.3 Å². The van der Waals surface area contributed by atoms with Crippen molar-refractivity contribution in [1.29, 1.82) is 0 Å². The molecule has 27 heavy (non-hydrogen) atoms. The summed E-state index contributed by atoms with van der Waals surface area (Å²) in [6, 6.07) is 4.17. The molecule has 150 valence electrons. The highest BCUT2D eigenvalue weighted by Gasteiger charge is 2.26. The number of rotatable bonds is 7. The third-order valence-corrected chi connectivity index (χ3v) is 6.02. The minimum absolute atomic E-state index is 0.0888. The van der Waals surface area contributed by atoms with Crippen LogP contribution in [0.15, 0.2) is 24.5 Å². The van der Waals surface area contributed by atoms with Crippen LogP contribution < -0.4 is 10.2 Å². The maximum Gasteiger partial charge on any atom is 0.250 e. The molecule has 1 aliphatic rings. The maximum atomic E-state index is 11.9. The molecule has 0 radical (unpaired) electrons. The number of hydrogen-bond acceptors (Lipinski definition) is 5. The Bertz CT molecular complexity index is 787. The zero-order valence-electron chi connectivity index (χ0n) is 16.6. The summed E-state index contributed by atoms with van der Waals surface area (Å²) in [5, 5.41) is 3.72. The lowest BCUT2D eigenvalue weighted by atomic mass is 10.2. The van der Waals surface area contributed by atoms with Crippen LogP contribution in [0.3, 0.4) is 0 Å². The number of nitrogens with one attached hydrogen (secondary N) is 1.